The number of anilines is 2. The predicted molar refractivity (Wildman–Crippen MR) is 101 cm³/mol. The van der Waals surface area contributed by atoms with Crippen LogP contribution in [0.5, 0.6) is 11.5 Å². The third-order valence-corrected chi connectivity index (χ3v) is 4.05. The van der Waals surface area contributed by atoms with Gasteiger partial charge in [-0.2, -0.15) is 0 Å². The van der Waals surface area contributed by atoms with Gasteiger partial charge in [0.2, 0.25) is 0 Å². The number of aliphatic imine (C=N–C) groups is 1. The van der Waals surface area contributed by atoms with Crippen LogP contribution in [0.2, 0.25) is 0 Å². The van der Waals surface area contributed by atoms with E-state index in [0.717, 1.165) is 11.1 Å². The first kappa shape index (κ1) is 16.0. The summed E-state index contributed by atoms with van der Waals surface area (Å²) in [6, 6.07) is 12.5. The van der Waals surface area contributed by atoms with E-state index in [1.54, 1.807) is 24.4 Å². The monoisotopic (exact) mass is 350 g/mol. The number of rotatable bonds is 3. The molecule has 0 aliphatic carbocycles. The summed E-state index contributed by atoms with van der Waals surface area (Å²) in [6.07, 6.45) is 2.37. The van der Waals surface area contributed by atoms with Crippen LogP contribution in [-0.4, -0.2) is 25.1 Å². The zero-order valence-corrected chi connectivity index (χ0v) is 14.0. The maximum Gasteiger partial charge on any atom is 0.323 e. The second-order valence-electron chi connectivity index (χ2n) is 5.97. The molecule has 0 bridgehead atoms. The highest BCUT2D eigenvalue weighted by Gasteiger charge is 2.13. The third kappa shape index (κ3) is 3.46. The largest absolute Gasteiger partial charge is 0.486 e. The van der Waals surface area contributed by atoms with Crippen LogP contribution in [0.4, 0.5) is 16.2 Å². The molecule has 0 saturated carbocycles. The normalized spacial score (nSPS) is 15.1. The Balaban J connectivity index is 1.42. The van der Waals surface area contributed by atoms with Crippen LogP contribution in [0.25, 0.3) is 5.57 Å². The van der Waals surface area contributed by atoms with Gasteiger partial charge in [-0.25, -0.2) is 9.79 Å². The van der Waals surface area contributed by atoms with Crippen molar-refractivity contribution in [2.75, 3.05) is 23.8 Å². The Hall–Kier alpha value is -3.48. The molecule has 0 spiro atoms. The molecule has 4 N–H and O–H groups in total. The number of nitrogens with one attached hydrogen (secondary N) is 2. The fourth-order valence-electron chi connectivity index (χ4n) is 2.84. The van der Waals surface area contributed by atoms with Crippen molar-refractivity contribution in [3.63, 3.8) is 0 Å². The van der Waals surface area contributed by atoms with Crippen molar-refractivity contribution < 1.29 is 14.3 Å². The summed E-state index contributed by atoms with van der Waals surface area (Å²) in [7, 11) is 0. The minimum atomic E-state index is -0.338. The Morgan fingerprint density at radius 3 is 2.54 bits per heavy atom. The third-order valence-electron chi connectivity index (χ3n) is 4.05. The van der Waals surface area contributed by atoms with E-state index in [4.69, 9.17) is 15.2 Å². The molecule has 0 radical (unpaired) electrons. The molecule has 7 nitrogen and oxygen atoms in total. The van der Waals surface area contributed by atoms with Gasteiger partial charge in [-0.15, -0.1) is 0 Å². The molecule has 26 heavy (non-hydrogen) atoms. The van der Waals surface area contributed by atoms with Crippen LogP contribution in [0, 0.1) is 0 Å². The van der Waals surface area contributed by atoms with Gasteiger partial charge >= 0.3 is 6.03 Å². The van der Waals surface area contributed by atoms with E-state index >= 15 is 0 Å². The zero-order chi connectivity index (χ0) is 17.9. The zero-order valence-electron chi connectivity index (χ0n) is 14.0. The number of benzene rings is 2. The van der Waals surface area contributed by atoms with Crippen molar-refractivity contribution in [1.82, 2.24) is 0 Å². The summed E-state index contributed by atoms with van der Waals surface area (Å²) in [4.78, 5) is 16.4. The van der Waals surface area contributed by atoms with Gasteiger partial charge in [-0.05, 0) is 35.4 Å². The van der Waals surface area contributed by atoms with Crippen LogP contribution in [0.15, 0.2) is 53.7 Å². The molecule has 2 aromatic rings. The van der Waals surface area contributed by atoms with Crippen molar-refractivity contribution in [2.24, 2.45) is 10.7 Å². The lowest BCUT2D eigenvalue weighted by atomic mass is 10.0. The molecular formula is C19H18N4O3. The first-order valence-corrected chi connectivity index (χ1v) is 8.27. The summed E-state index contributed by atoms with van der Waals surface area (Å²) >= 11 is 0. The molecule has 0 unspecified atom stereocenters. The fraction of sp³-hybridized carbons (Fsp3) is 0.158. The van der Waals surface area contributed by atoms with Gasteiger partial charge < -0.3 is 25.8 Å². The molecule has 2 amide bonds. The molecule has 2 aromatic carbocycles. The summed E-state index contributed by atoms with van der Waals surface area (Å²) in [5, 5.41) is 5.62. The van der Waals surface area contributed by atoms with E-state index in [-0.39, 0.29) is 6.03 Å². The number of fused-ring (bicyclic) bond motifs is 1. The molecule has 2 aliphatic rings. The van der Waals surface area contributed by atoms with Crippen LogP contribution in [0.1, 0.15) is 12.0 Å². The molecule has 7 heteroatoms. The molecule has 0 atom stereocenters. The minimum Gasteiger partial charge on any atom is -0.486 e. The maximum absolute atomic E-state index is 12.3. The van der Waals surface area contributed by atoms with E-state index in [9.17, 15) is 4.79 Å². The Bertz CT molecular complexity index is 921. The maximum atomic E-state index is 12.3. The summed E-state index contributed by atoms with van der Waals surface area (Å²) in [6.45, 7) is 1.03. The quantitative estimate of drug-likeness (QED) is 0.792. The number of carbonyl (C=O) groups is 1. The molecule has 132 valence electrons. The highest BCUT2D eigenvalue weighted by molar-refractivity contribution is 6.01. The number of amidine groups is 1. The van der Waals surface area contributed by atoms with Gasteiger partial charge in [0.25, 0.3) is 0 Å². The van der Waals surface area contributed by atoms with E-state index in [1.807, 2.05) is 24.3 Å². The minimum absolute atomic E-state index is 0.338. The van der Waals surface area contributed by atoms with Gasteiger partial charge in [-0.1, -0.05) is 12.1 Å². The highest BCUT2D eigenvalue weighted by atomic mass is 16.6. The van der Waals surface area contributed by atoms with Crippen molar-refractivity contribution in [3.8, 4) is 11.5 Å². The Labute approximate surface area is 150 Å². The molecule has 0 fully saturated rings. The van der Waals surface area contributed by atoms with Crippen molar-refractivity contribution in [3.05, 3.63) is 54.2 Å². The number of nitrogens with two attached hydrogens (primary N) is 1. The second kappa shape index (κ2) is 6.79. The smallest absolute Gasteiger partial charge is 0.323 e. The SMILES string of the molecule is NC1=NC=C(c2cccc(NC(=O)Nc3ccc4c(c3)OCCO4)c2)C1. The Morgan fingerprint density at radius 1 is 1.00 bits per heavy atom. The molecule has 4 rings (SSSR count). The van der Waals surface area contributed by atoms with Gasteiger partial charge in [0.1, 0.15) is 19.0 Å². The van der Waals surface area contributed by atoms with Crippen molar-refractivity contribution in [2.45, 2.75) is 6.42 Å². The van der Waals surface area contributed by atoms with Crippen LogP contribution in [-0.2, 0) is 0 Å². The lowest BCUT2D eigenvalue weighted by Gasteiger charge is -2.19. The average molecular weight is 350 g/mol. The number of hydrogen-bond acceptors (Lipinski definition) is 5. The first-order valence-electron chi connectivity index (χ1n) is 8.27. The molecule has 0 saturated heterocycles. The topological polar surface area (TPSA) is 98.0 Å². The van der Waals surface area contributed by atoms with Gasteiger partial charge in [0.05, 0.1) is 0 Å². The average Bonchev–Trinajstić information content (AvgIpc) is 3.08. The summed E-state index contributed by atoms with van der Waals surface area (Å²) in [5.74, 6) is 1.90. The van der Waals surface area contributed by atoms with Gasteiger partial charge in [0.15, 0.2) is 11.5 Å². The molecule has 2 aliphatic heterocycles. The van der Waals surface area contributed by atoms with E-state index in [2.05, 4.69) is 15.6 Å². The lowest BCUT2D eigenvalue weighted by Crippen LogP contribution is -2.20. The van der Waals surface area contributed by atoms with Crippen LogP contribution in [0.3, 0.4) is 0 Å². The first-order chi connectivity index (χ1) is 12.7. The standard InChI is InChI=1S/C19H18N4O3/c20-18-9-13(11-21-18)12-2-1-3-14(8-12)22-19(24)23-15-4-5-16-17(10-15)26-7-6-25-16/h1-5,8,10-11H,6-7,9H2,(H2,20,21)(H2,22,23,24). The highest BCUT2D eigenvalue weighted by Crippen LogP contribution is 2.32. The van der Waals surface area contributed by atoms with Gasteiger partial charge in [0, 0.05) is 30.1 Å². The molecule has 0 aromatic heterocycles. The molecular weight excluding hydrogens is 332 g/mol. The van der Waals surface area contributed by atoms with Crippen molar-refractivity contribution >= 4 is 28.8 Å². The number of ether oxygens (including phenoxy) is 2. The Kier molecular flexibility index (Phi) is 4.18. The van der Waals surface area contributed by atoms with E-state index < -0.39 is 0 Å². The fourth-order valence-corrected chi connectivity index (χ4v) is 2.84. The number of carbonyl (C=O) groups excluding carboxylic acids is 1. The number of hydrogen-bond donors (Lipinski definition) is 3. The van der Waals surface area contributed by atoms with Crippen LogP contribution >= 0.6 is 0 Å². The number of nitrogens with zero attached hydrogens (tertiary/aromatic N) is 1. The van der Waals surface area contributed by atoms with E-state index in [1.165, 1.54) is 0 Å². The van der Waals surface area contributed by atoms with E-state index in [0.29, 0.717) is 48.3 Å². The summed E-state index contributed by atoms with van der Waals surface area (Å²) < 4.78 is 11.0. The summed E-state index contributed by atoms with van der Waals surface area (Å²) in [5.41, 5.74) is 9.03. The van der Waals surface area contributed by atoms with Crippen molar-refractivity contribution in [1.29, 1.82) is 0 Å². The second-order valence-corrected chi connectivity index (χ2v) is 5.97. The van der Waals surface area contributed by atoms with Crippen LogP contribution < -0.4 is 25.8 Å². The number of urea groups is 1. The number of amides is 2. The molecule has 2 heterocycles. The lowest BCUT2D eigenvalue weighted by molar-refractivity contribution is 0.171. The predicted octanol–water partition coefficient (Wildman–Crippen LogP) is 3.20. The van der Waals surface area contributed by atoms with Gasteiger partial charge in [-0.3, -0.25) is 0 Å². The Morgan fingerprint density at radius 2 is 1.77 bits per heavy atom.